The molecule has 5 heteroatoms. The highest BCUT2D eigenvalue weighted by atomic mass is 16.1. The fraction of sp³-hybridized carbons (Fsp3) is 0.375. The monoisotopic (exact) mass is 180 g/mol. The molecule has 0 saturated carbocycles. The zero-order chi connectivity index (χ0) is 9.42. The van der Waals surface area contributed by atoms with Crippen LogP contribution in [0.15, 0.2) is 11.0 Å². The van der Waals surface area contributed by atoms with Crippen LogP contribution in [0.4, 0.5) is 0 Å². The van der Waals surface area contributed by atoms with Crippen molar-refractivity contribution in [2.24, 2.45) is 7.05 Å². The number of hydrogen-bond donors (Lipinski definition) is 1. The minimum absolute atomic E-state index is 0. The summed E-state index contributed by atoms with van der Waals surface area (Å²) in [5.74, 6) is 0.745. The summed E-state index contributed by atoms with van der Waals surface area (Å²) in [5, 5.41) is 0. The van der Waals surface area contributed by atoms with E-state index in [0.29, 0.717) is 5.65 Å². The lowest BCUT2D eigenvalue weighted by atomic mass is 10.4. The number of rotatable bonds is 1. The molecule has 13 heavy (non-hydrogen) atoms. The Balaban J connectivity index is 0.000000980. The molecule has 5 nitrogen and oxygen atoms in total. The highest BCUT2D eigenvalue weighted by molar-refractivity contribution is 5.69. The topological polar surface area (TPSA) is 63.6 Å². The van der Waals surface area contributed by atoms with Crippen molar-refractivity contribution in [3.8, 4) is 0 Å². The molecule has 0 aliphatic carbocycles. The van der Waals surface area contributed by atoms with Gasteiger partial charge in [0.05, 0.1) is 6.20 Å². The number of H-pyrrole nitrogens is 1. The van der Waals surface area contributed by atoms with E-state index in [-0.39, 0.29) is 7.12 Å². The molecular weight excluding hydrogens is 168 g/mol. The average molecular weight is 180 g/mol. The van der Waals surface area contributed by atoms with Crippen LogP contribution in [-0.4, -0.2) is 19.5 Å². The van der Waals surface area contributed by atoms with Crippen molar-refractivity contribution in [3.63, 3.8) is 0 Å². The first-order valence-electron chi connectivity index (χ1n) is 4.13. The minimum Gasteiger partial charge on any atom is -0.292 e. The number of nitrogens with zero attached hydrogens (tertiary/aromatic N) is 3. The van der Waals surface area contributed by atoms with E-state index in [2.05, 4.69) is 15.0 Å². The third kappa shape index (κ3) is 1.12. The van der Waals surface area contributed by atoms with E-state index >= 15 is 0 Å². The molecule has 2 rings (SSSR count). The highest BCUT2D eigenvalue weighted by Crippen LogP contribution is 2.04. The molecule has 0 aliphatic heterocycles. The van der Waals surface area contributed by atoms with Crippen LogP contribution in [0, 0.1) is 0 Å². The first-order chi connectivity index (χ1) is 6.22. The van der Waals surface area contributed by atoms with Crippen molar-refractivity contribution in [3.05, 3.63) is 22.5 Å². The molecule has 2 heterocycles. The van der Waals surface area contributed by atoms with Gasteiger partial charge >= 0.3 is 5.69 Å². The van der Waals surface area contributed by atoms with E-state index in [1.165, 1.54) is 4.57 Å². The van der Waals surface area contributed by atoms with E-state index in [1.54, 1.807) is 13.2 Å². The van der Waals surface area contributed by atoms with Crippen LogP contribution in [-0.2, 0) is 13.5 Å². The molecule has 0 amide bonds. The fourth-order valence-electron chi connectivity index (χ4n) is 1.21. The third-order valence-corrected chi connectivity index (χ3v) is 2.03. The first kappa shape index (κ1) is 7.97. The van der Waals surface area contributed by atoms with Gasteiger partial charge in [0, 0.05) is 14.9 Å². The Bertz CT molecular complexity index is 502. The number of nitrogens with one attached hydrogen (secondary N) is 1. The molecule has 1 N–H and O–H groups in total. The van der Waals surface area contributed by atoms with Gasteiger partial charge < -0.3 is 0 Å². The second-order valence-electron chi connectivity index (χ2n) is 2.86. The maximum atomic E-state index is 11.2. The van der Waals surface area contributed by atoms with E-state index in [1.807, 2.05) is 6.92 Å². The summed E-state index contributed by atoms with van der Waals surface area (Å²) in [6, 6.07) is 0. The van der Waals surface area contributed by atoms with Gasteiger partial charge in [-0.2, -0.15) is 0 Å². The largest absolute Gasteiger partial charge is 0.327 e. The van der Waals surface area contributed by atoms with Gasteiger partial charge in [0.1, 0.15) is 11.3 Å². The molecule has 0 aromatic carbocycles. The third-order valence-electron chi connectivity index (χ3n) is 2.03. The van der Waals surface area contributed by atoms with Crippen LogP contribution in [0.5, 0.6) is 0 Å². The molecule has 2 aromatic rings. The molecule has 0 saturated heterocycles. The zero-order valence-electron chi connectivity index (χ0n) is 7.53. The number of imidazole rings is 1. The number of fused-ring (bicyclic) bond motifs is 1. The van der Waals surface area contributed by atoms with Crippen LogP contribution in [0.1, 0.15) is 14.2 Å². The molecule has 70 valence electrons. The Labute approximate surface area is 75.9 Å². The summed E-state index contributed by atoms with van der Waals surface area (Å²) < 4.78 is 1.49. The minimum atomic E-state index is -0.155. The lowest BCUT2D eigenvalue weighted by molar-refractivity contribution is 0.888. The van der Waals surface area contributed by atoms with Crippen molar-refractivity contribution in [2.45, 2.75) is 13.3 Å². The first-order valence-corrected chi connectivity index (χ1v) is 4.13. The SMILES string of the molecule is CCc1ncc2c(n1)[nH]c(=O)n2C.[HH]. The summed E-state index contributed by atoms with van der Waals surface area (Å²) in [6.07, 6.45) is 2.44. The molecule has 0 aliphatic rings. The van der Waals surface area contributed by atoms with Crippen molar-refractivity contribution in [1.82, 2.24) is 19.5 Å². The van der Waals surface area contributed by atoms with Gasteiger partial charge in [0.25, 0.3) is 0 Å². The molecule has 0 bridgehead atoms. The average Bonchev–Trinajstić information content (AvgIpc) is 2.42. The zero-order valence-corrected chi connectivity index (χ0v) is 7.53. The maximum absolute atomic E-state index is 11.2. The number of aryl methyl sites for hydroxylation is 2. The number of aromatic nitrogens is 4. The van der Waals surface area contributed by atoms with E-state index in [4.69, 9.17) is 0 Å². The quantitative estimate of drug-likeness (QED) is 0.693. The summed E-state index contributed by atoms with van der Waals surface area (Å²) in [4.78, 5) is 22.1. The van der Waals surface area contributed by atoms with Crippen LogP contribution in [0.25, 0.3) is 11.2 Å². The van der Waals surface area contributed by atoms with Crippen LogP contribution >= 0.6 is 0 Å². The standard InChI is InChI=1S/C8H10N4O.H2/c1-3-6-9-4-5-7(10-6)11-8(13)12(5)2;/h4H,3H2,1-2H3,(H,9,10,11,13);1H. The molecule has 2 aromatic heterocycles. The van der Waals surface area contributed by atoms with Crippen LogP contribution < -0.4 is 5.69 Å². The Morgan fingerprint density at radius 1 is 1.69 bits per heavy atom. The van der Waals surface area contributed by atoms with E-state index in [9.17, 15) is 4.79 Å². The van der Waals surface area contributed by atoms with Gasteiger partial charge in [-0.05, 0) is 0 Å². The summed E-state index contributed by atoms with van der Waals surface area (Å²) in [6.45, 7) is 1.97. The van der Waals surface area contributed by atoms with Crippen LogP contribution in [0.3, 0.4) is 0 Å². The Hall–Kier alpha value is -1.65. The van der Waals surface area contributed by atoms with Crippen LogP contribution in [0.2, 0.25) is 0 Å². The van der Waals surface area contributed by atoms with Crippen molar-refractivity contribution in [1.29, 1.82) is 0 Å². The normalized spacial score (nSPS) is 10.9. The highest BCUT2D eigenvalue weighted by Gasteiger charge is 2.04. The van der Waals surface area contributed by atoms with Gasteiger partial charge in [-0.25, -0.2) is 14.8 Å². The van der Waals surface area contributed by atoms with Gasteiger partial charge in [-0.15, -0.1) is 0 Å². The summed E-state index contributed by atoms with van der Waals surface area (Å²) in [7, 11) is 1.69. The molecule has 0 unspecified atom stereocenters. The predicted octanol–water partition coefficient (Wildman–Crippen LogP) is 0.465. The molecule has 0 spiro atoms. The smallest absolute Gasteiger partial charge is 0.292 e. The number of hydrogen-bond acceptors (Lipinski definition) is 3. The molecule has 0 fully saturated rings. The lowest BCUT2D eigenvalue weighted by Gasteiger charge is -1.94. The maximum Gasteiger partial charge on any atom is 0.327 e. The lowest BCUT2D eigenvalue weighted by Crippen LogP contribution is -2.11. The molecule has 0 radical (unpaired) electrons. The fourth-order valence-corrected chi connectivity index (χ4v) is 1.21. The van der Waals surface area contributed by atoms with Crippen molar-refractivity contribution < 1.29 is 1.43 Å². The second kappa shape index (κ2) is 2.69. The van der Waals surface area contributed by atoms with Gasteiger partial charge in [0.15, 0.2) is 5.65 Å². The predicted molar refractivity (Wildman–Crippen MR) is 50.6 cm³/mol. The Kier molecular flexibility index (Phi) is 1.65. The van der Waals surface area contributed by atoms with Gasteiger partial charge in [-0.3, -0.25) is 9.55 Å². The second-order valence-corrected chi connectivity index (χ2v) is 2.86. The Morgan fingerprint density at radius 2 is 2.46 bits per heavy atom. The number of aromatic amines is 1. The van der Waals surface area contributed by atoms with Crippen molar-refractivity contribution >= 4 is 11.2 Å². The van der Waals surface area contributed by atoms with Gasteiger partial charge in [0.2, 0.25) is 0 Å². The van der Waals surface area contributed by atoms with Gasteiger partial charge in [-0.1, -0.05) is 6.92 Å². The van der Waals surface area contributed by atoms with Crippen molar-refractivity contribution in [2.75, 3.05) is 0 Å². The Morgan fingerprint density at radius 3 is 3.15 bits per heavy atom. The molecular formula is C8H12N4O. The summed E-state index contributed by atoms with van der Waals surface area (Å²) >= 11 is 0. The molecule has 0 atom stereocenters. The van der Waals surface area contributed by atoms with E-state index in [0.717, 1.165) is 17.8 Å². The summed E-state index contributed by atoms with van der Waals surface area (Å²) in [5.41, 5.74) is 1.19. The van der Waals surface area contributed by atoms with E-state index < -0.39 is 0 Å².